The Morgan fingerprint density at radius 2 is 2.32 bits per heavy atom. The molecular weight excluding hydrogens is 284 g/mol. The number of carbonyl (C=O) groups excluding carboxylic acids is 1. The zero-order chi connectivity index (χ0) is 15.7. The first-order valence-electron chi connectivity index (χ1n) is 7.49. The van der Waals surface area contributed by atoms with Gasteiger partial charge in [-0.05, 0) is 33.3 Å². The van der Waals surface area contributed by atoms with Gasteiger partial charge in [-0.1, -0.05) is 0 Å². The first kappa shape index (κ1) is 14.6. The molecule has 0 radical (unpaired) electrons. The molecule has 1 atom stereocenters. The molecule has 1 saturated heterocycles. The van der Waals surface area contributed by atoms with Crippen molar-refractivity contribution in [3.05, 3.63) is 29.4 Å². The molecule has 2 aromatic rings. The van der Waals surface area contributed by atoms with Crippen molar-refractivity contribution in [1.82, 2.24) is 14.8 Å². The van der Waals surface area contributed by atoms with Gasteiger partial charge in [-0.25, -0.2) is 4.79 Å². The third kappa shape index (κ3) is 2.70. The van der Waals surface area contributed by atoms with Gasteiger partial charge < -0.3 is 14.1 Å². The lowest BCUT2D eigenvalue weighted by atomic mass is 10.2. The molecule has 7 nitrogen and oxygen atoms in total. The highest BCUT2D eigenvalue weighted by Gasteiger charge is 2.29. The SMILES string of the molecule is CCOC(=O)c1coc(N2CC[C@@H](n3nc(C)cc3C)C2)n1. The van der Waals surface area contributed by atoms with Crippen LogP contribution in [0.5, 0.6) is 0 Å². The van der Waals surface area contributed by atoms with Gasteiger partial charge in [-0.3, -0.25) is 4.68 Å². The monoisotopic (exact) mass is 304 g/mol. The van der Waals surface area contributed by atoms with Crippen LogP contribution in [0.15, 0.2) is 16.7 Å². The maximum atomic E-state index is 11.6. The van der Waals surface area contributed by atoms with Crippen LogP contribution in [0.25, 0.3) is 0 Å². The summed E-state index contributed by atoms with van der Waals surface area (Å²) in [7, 11) is 0. The molecule has 0 N–H and O–H groups in total. The van der Waals surface area contributed by atoms with Crippen LogP contribution in [-0.2, 0) is 4.74 Å². The number of anilines is 1. The maximum Gasteiger partial charge on any atom is 0.360 e. The van der Waals surface area contributed by atoms with Gasteiger partial charge in [0.15, 0.2) is 5.69 Å². The quantitative estimate of drug-likeness (QED) is 0.806. The molecule has 22 heavy (non-hydrogen) atoms. The second-order valence-corrected chi connectivity index (χ2v) is 5.50. The number of ether oxygens (including phenoxy) is 1. The molecule has 3 heterocycles. The number of oxazole rings is 1. The summed E-state index contributed by atoms with van der Waals surface area (Å²) in [5.74, 6) is -0.452. The van der Waals surface area contributed by atoms with Crippen molar-refractivity contribution >= 4 is 12.0 Å². The fraction of sp³-hybridized carbons (Fsp3) is 0.533. The molecule has 7 heteroatoms. The Hall–Kier alpha value is -2.31. The maximum absolute atomic E-state index is 11.6. The zero-order valence-corrected chi connectivity index (χ0v) is 13.1. The van der Waals surface area contributed by atoms with Crippen molar-refractivity contribution in [3.63, 3.8) is 0 Å². The summed E-state index contributed by atoms with van der Waals surface area (Å²) >= 11 is 0. The smallest absolute Gasteiger partial charge is 0.360 e. The summed E-state index contributed by atoms with van der Waals surface area (Å²) < 4.78 is 12.4. The van der Waals surface area contributed by atoms with Gasteiger partial charge in [0.25, 0.3) is 6.01 Å². The lowest BCUT2D eigenvalue weighted by Gasteiger charge is -2.15. The summed E-state index contributed by atoms with van der Waals surface area (Å²) in [6.45, 7) is 7.74. The number of rotatable bonds is 4. The Morgan fingerprint density at radius 3 is 3.00 bits per heavy atom. The van der Waals surface area contributed by atoms with E-state index < -0.39 is 5.97 Å². The average molecular weight is 304 g/mol. The number of hydrogen-bond acceptors (Lipinski definition) is 6. The molecule has 0 saturated carbocycles. The molecule has 2 aromatic heterocycles. The third-order valence-electron chi connectivity index (χ3n) is 3.80. The average Bonchev–Trinajstić information content (AvgIpc) is 3.17. The van der Waals surface area contributed by atoms with E-state index in [1.54, 1.807) is 6.92 Å². The van der Waals surface area contributed by atoms with Crippen molar-refractivity contribution in [3.8, 4) is 0 Å². The van der Waals surface area contributed by atoms with Gasteiger partial charge in [0.05, 0.1) is 18.3 Å². The van der Waals surface area contributed by atoms with Crippen LogP contribution in [0.4, 0.5) is 6.01 Å². The fourth-order valence-corrected chi connectivity index (χ4v) is 2.84. The molecular formula is C15H20N4O3. The highest BCUT2D eigenvalue weighted by molar-refractivity contribution is 5.87. The van der Waals surface area contributed by atoms with Gasteiger partial charge in [0.1, 0.15) is 6.26 Å². The van der Waals surface area contributed by atoms with E-state index in [0.29, 0.717) is 18.7 Å². The number of hydrogen-bond donors (Lipinski definition) is 0. The lowest BCUT2D eigenvalue weighted by Crippen LogP contribution is -2.22. The predicted octanol–water partition coefficient (Wildman–Crippen LogP) is 2.12. The molecule has 1 fully saturated rings. The predicted molar refractivity (Wildman–Crippen MR) is 80.0 cm³/mol. The molecule has 0 aromatic carbocycles. The Bertz CT molecular complexity index is 676. The minimum atomic E-state index is -0.452. The Balaban J connectivity index is 1.70. The molecule has 0 aliphatic carbocycles. The first-order valence-corrected chi connectivity index (χ1v) is 7.49. The van der Waals surface area contributed by atoms with E-state index in [9.17, 15) is 4.79 Å². The standard InChI is InChI=1S/C15H20N4O3/c1-4-21-14(20)13-9-22-15(16-13)18-6-5-12(8-18)19-11(3)7-10(2)17-19/h7,9,12H,4-6,8H2,1-3H3/t12-/m1/s1. The first-order chi connectivity index (χ1) is 10.6. The Labute approximate surface area is 128 Å². The summed E-state index contributed by atoms with van der Waals surface area (Å²) in [5.41, 5.74) is 2.40. The summed E-state index contributed by atoms with van der Waals surface area (Å²) in [6, 6.07) is 2.84. The topological polar surface area (TPSA) is 73.4 Å². The van der Waals surface area contributed by atoms with Crippen LogP contribution in [0.3, 0.4) is 0 Å². The summed E-state index contributed by atoms with van der Waals surface area (Å²) in [6.07, 6.45) is 2.32. The fourth-order valence-electron chi connectivity index (χ4n) is 2.84. The zero-order valence-electron chi connectivity index (χ0n) is 13.1. The molecule has 0 amide bonds. The van der Waals surface area contributed by atoms with Crippen LogP contribution in [0.1, 0.15) is 41.3 Å². The van der Waals surface area contributed by atoms with E-state index in [1.165, 1.54) is 6.26 Å². The van der Waals surface area contributed by atoms with Crippen LogP contribution in [0, 0.1) is 13.8 Å². The number of aromatic nitrogens is 3. The van der Waals surface area contributed by atoms with Crippen molar-refractivity contribution in [2.75, 3.05) is 24.6 Å². The van der Waals surface area contributed by atoms with Gasteiger partial charge in [-0.15, -0.1) is 0 Å². The third-order valence-corrected chi connectivity index (χ3v) is 3.80. The van der Waals surface area contributed by atoms with E-state index in [4.69, 9.17) is 9.15 Å². The van der Waals surface area contributed by atoms with Gasteiger partial charge in [-0.2, -0.15) is 10.1 Å². The molecule has 0 bridgehead atoms. The van der Waals surface area contributed by atoms with E-state index in [0.717, 1.165) is 30.9 Å². The minimum absolute atomic E-state index is 0.214. The van der Waals surface area contributed by atoms with Crippen molar-refractivity contribution in [1.29, 1.82) is 0 Å². The Morgan fingerprint density at radius 1 is 1.50 bits per heavy atom. The number of esters is 1. The van der Waals surface area contributed by atoms with Gasteiger partial charge >= 0.3 is 5.97 Å². The Kier molecular flexibility index (Phi) is 3.87. The van der Waals surface area contributed by atoms with Gasteiger partial charge in [0.2, 0.25) is 0 Å². The number of carbonyl (C=O) groups is 1. The summed E-state index contributed by atoms with van der Waals surface area (Å²) in [5, 5.41) is 4.54. The second-order valence-electron chi connectivity index (χ2n) is 5.50. The van der Waals surface area contributed by atoms with Crippen molar-refractivity contribution in [2.45, 2.75) is 33.2 Å². The minimum Gasteiger partial charge on any atom is -0.461 e. The second kappa shape index (κ2) is 5.82. The number of aryl methyl sites for hydroxylation is 2. The molecule has 118 valence electrons. The largest absolute Gasteiger partial charge is 0.461 e. The molecule has 0 spiro atoms. The highest BCUT2D eigenvalue weighted by Crippen LogP contribution is 2.27. The van der Waals surface area contributed by atoms with Crippen LogP contribution in [-0.4, -0.2) is 40.4 Å². The molecule has 3 rings (SSSR count). The summed E-state index contributed by atoms with van der Waals surface area (Å²) in [4.78, 5) is 17.9. The van der Waals surface area contributed by atoms with E-state index in [-0.39, 0.29) is 5.69 Å². The molecule has 0 unspecified atom stereocenters. The van der Waals surface area contributed by atoms with Crippen molar-refractivity contribution < 1.29 is 13.9 Å². The highest BCUT2D eigenvalue weighted by atomic mass is 16.5. The van der Waals surface area contributed by atoms with Gasteiger partial charge in [0, 0.05) is 18.8 Å². The van der Waals surface area contributed by atoms with E-state index in [2.05, 4.69) is 27.8 Å². The van der Waals surface area contributed by atoms with E-state index in [1.807, 2.05) is 11.8 Å². The molecule has 1 aliphatic heterocycles. The normalized spacial score (nSPS) is 18.0. The van der Waals surface area contributed by atoms with Crippen molar-refractivity contribution in [2.24, 2.45) is 0 Å². The number of nitrogens with zero attached hydrogens (tertiary/aromatic N) is 4. The van der Waals surface area contributed by atoms with E-state index >= 15 is 0 Å². The van der Waals surface area contributed by atoms with Crippen LogP contribution >= 0.6 is 0 Å². The van der Waals surface area contributed by atoms with Crippen LogP contribution in [0.2, 0.25) is 0 Å². The lowest BCUT2D eigenvalue weighted by molar-refractivity contribution is 0.0519. The van der Waals surface area contributed by atoms with Crippen LogP contribution < -0.4 is 4.90 Å². The molecule has 1 aliphatic rings.